The molecule has 0 radical (unpaired) electrons. The molecule has 5 aromatic carbocycles. The zero-order chi connectivity index (χ0) is 40.1. The number of benzene rings is 5. The van der Waals surface area contributed by atoms with Crippen molar-refractivity contribution < 1.29 is 28.3 Å². The molecule has 0 saturated heterocycles. The molecule has 6 aromatic rings. The van der Waals surface area contributed by atoms with Gasteiger partial charge in [0.25, 0.3) is 0 Å². The summed E-state index contributed by atoms with van der Waals surface area (Å²) < 4.78 is 10.8. The molecule has 0 aliphatic carbocycles. The Hall–Kier alpha value is -6.75. The first kappa shape index (κ1) is 39.9. The number of esters is 1. The van der Waals surface area contributed by atoms with Gasteiger partial charge in [0.15, 0.2) is 0 Å². The topological polar surface area (TPSA) is 147 Å². The maximum Gasteiger partial charge on any atom is 0.351 e. The second-order valence-corrected chi connectivity index (χ2v) is 13.7. The Balaban J connectivity index is 1.11. The predicted octanol–water partition coefficient (Wildman–Crippen LogP) is 5.76. The van der Waals surface area contributed by atoms with Gasteiger partial charge in [-0.1, -0.05) is 103 Å². The van der Waals surface area contributed by atoms with Crippen LogP contribution in [0.5, 0.6) is 0 Å². The molecule has 6 rings (SSSR count). The van der Waals surface area contributed by atoms with Crippen molar-refractivity contribution in [3.8, 4) is 0 Å². The SMILES string of the molecule is CCN(CC)c1ccc2cc(C(=O)OCCNC(=O)[C@H](Cc3ccccc3)NC(=O)[C@H](Cc3ccccc3)NC(=O)Cc3ccc4ccccc4c3)c(=O)oc2c1. The van der Waals surface area contributed by atoms with Crippen LogP contribution in [0.15, 0.2) is 137 Å². The number of nitrogens with zero attached hydrogens (tertiary/aromatic N) is 1. The van der Waals surface area contributed by atoms with Crippen molar-refractivity contribution in [2.24, 2.45) is 0 Å². The number of ether oxygens (including phenoxy) is 1. The lowest BCUT2D eigenvalue weighted by Gasteiger charge is -2.24. The van der Waals surface area contributed by atoms with E-state index in [2.05, 4.69) is 20.9 Å². The quantitative estimate of drug-likeness (QED) is 0.0604. The minimum atomic E-state index is -1.03. The van der Waals surface area contributed by atoms with Gasteiger partial charge in [-0.05, 0) is 59.5 Å². The first-order chi connectivity index (χ1) is 27.7. The molecule has 1 aromatic heterocycles. The van der Waals surface area contributed by atoms with Gasteiger partial charge in [0.2, 0.25) is 17.7 Å². The largest absolute Gasteiger partial charge is 0.460 e. The Morgan fingerprint density at radius 3 is 1.93 bits per heavy atom. The molecule has 11 heteroatoms. The number of hydrogen-bond donors (Lipinski definition) is 3. The third-order valence-corrected chi connectivity index (χ3v) is 9.73. The van der Waals surface area contributed by atoms with Gasteiger partial charge in [0.1, 0.15) is 29.8 Å². The van der Waals surface area contributed by atoms with E-state index in [1.165, 1.54) is 6.07 Å². The maximum absolute atomic E-state index is 14.0. The second-order valence-electron chi connectivity index (χ2n) is 13.7. The Kier molecular flexibility index (Phi) is 13.5. The molecular formula is C46H46N4O7. The fourth-order valence-electron chi connectivity index (χ4n) is 6.72. The lowest BCUT2D eigenvalue weighted by atomic mass is 10.0. The van der Waals surface area contributed by atoms with Crippen LogP contribution in [0.3, 0.4) is 0 Å². The van der Waals surface area contributed by atoms with Crippen LogP contribution in [-0.2, 0) is 38.4 Å². The highest BCUT2D eigenvalue weighted by atomic mass is 16.5. The molecule has 1 heterocycles. The van der Waals surface area contributed by atoms with E-state index >= 15 is 0 Å². The maximum atomic E-state index is 14.0. The summed E-state index contributed by atoms with van der Waals surface area (Å²) in [6.07, 6.45) is 0.426. The summed E-state index contributed by atoms with van der Waals surface area (Å²) in [6, 6.07) is 37.1. The van der Waals surface area contributed by atoms with E-state index in [4.69, 9.17) is 9.15 Å². The van der Waals surface area contributed by atoms with Gasteiger partial charge >= 0.3 is 11.6 Å². The molecule has 11 nitrogen and oxygen atoms in total. The van der Waals surface area contributed by atoms with Gasteiger partial charge in [-0.15, -0.1) is 0 Å². The van der Waals surface area contributed by atoms with Crippen LogP contribution in [0.1, 0.15) is 40.9 Å². The van der Waals surface area contributed by atoms with Crippen molar-refractivity contribution >= 4 is 51.1 Å². The summed E-state index contributed by atoms with van der Waals surface area (Å²) in [5, 5.41) is 11.2. The van der Waals surface area contributed by atoms with Crippen molar-refractivity contribution in [1.82, 2.24) is 16.0 Å². The molecule has 2 atom stereocenters. The van der Waals surface area contributed by atoms with Crippen LogP contribution in [0.4, 0.5) is 5.69 Å². The Labute approximate surface area is 331 Å². The molecule has 3 N–H and O–H groups in total. The number of carbonyl (C=O) groups excluding carboxylic acids is 4. The van der Waals surface area contributed by atoms with Crippen LogP contribution in [-0.4, -0.2) is 62.0 Å². The zero-order valence-electron chi connectivity index (χ0n) is 32.0. The monoisotopic (exact) mass is 766 g/mol. The summed E-state index contributed by atoms with van der Waals surface area (Å²) in [6.45, 7) is 5.30. The molecule has 0 aliphatic rings. The van der Waals surface area contributed by atoms with Gasteiger partial charge in [-0.25, -0.2) is 9.59 Å². The highest BCUT2D eigenvalue weighted by Gasteiger charge is 2.28. The third kappa shape index (κ3) is 10.7. The molecule has 0 aliphatic heterocycles. The zero-order valence-corrected chi connectivity index (χ0v) is 32.0. The molecule has 57 heavy (non-hydrogen) atoms. The number of carbonyl (C=O) groups is 4. The molecule has 0 unspecified atom stereocenters. The molecule has 3 amide bonds. The summed E-state index contributed by atoms with van der Waals surface area (Å²) >= 11 is 0. The fraction of sp³-hybridized carbons (Fsp3) is 0.239. The van der Waals surface area contributed by atoms with Crippen LogP contribution in [0.25, 0.3) is 21.7 Å². The van der Waals surface area contributed by atoms with E-state index in [0.717, 1.165) is 46.2 Å². The van der Waals surface area contributed by atoms with Gasteiger partial charge < -0.3 is 30.0 Å². The molecule has 0 bridgehead atoms. The van der Waals surface area contributed by atoms with Crippen molar-refractivity contribution in [3.63, 3.8) is 0 Å². The van der Waals surface area contributed by atoms with E-state index in [1.807, 2.05) is 123 Å². The van der Waals surface area contributed by atoms with Crippen LogP contribution < -0.4 is 26.5 Å². The third-order valence-electron chi connectivity index (χ3n) is 9.73. The van der Waals surface area contributed by atoms with Gasteiger partial charge in [-0.2, -0.15) is 0 Å². The summed E-state index contributed by atoms with van der Waals surface area (Å²) in [7, 11) is 0. The normalized spacial score (nSPS) is 12.0. The van der Waals surface area contributed by atoms with Crippen molar-refractivity contribution in [2.45, 2.75) is 45.2 Å². The molecule has 0 fully saturated rings. The van der Waals surface area contributed by atoms with E-state index in [-0.39, 0.29) is 43.9 Å². The number of nitrogens with one attached hydrogen (secondary N) is 3. The molecule has 292 valence electrons. The molecular weight excluding hydrogens is 721 g/mol. The Morgan fingerprint density at radius 1 is 0.649 bits per heavy atom. The number of anilines is 1. The van der Waals surface area contributed by atoms with Gasteiger partial charge in [0.05, 0.1) is 13.0 Å². The van der Waals surface area contributed by atoms with Gasteiger partial charge in [-0.3, -0.25) is 14.4 Å². The number of amides is 3. The van der Waals surface area contributed by atoms with E-state index < -0.39 is 35.5 Å². The number of fused-ring (bicyclic) bond motifs is 2. The minimum absolute atomic E-state index is 0.0643. The van der Waals surface area contributed by atoms with Gasteiger partial charge in [0, 0.05) is 43.1 Å². The van der Waals surface area contributed by atoms with Crippen molar-refractivity contribution in [1.29, 1.82) is 0 Å². The Morgan fingerprint density at radius 2 is 1.26 bits per heavy atom. The van der Waals surface area contributed by atoms with Crippen LogP contribution in [0.2, 0.25) is 0 Å². The van der Waals surface area contributed by atoms with Crippen LogP contribution >= 0.6 is 0 Å². The smallest absolute Gasteiger partial charge is 0.351 e. The Bertz CT molecular complexity index is 2390. The number of rotatable bonds is 17. The van der Waals surface area contributed by atoms with E-state index in [0.29, 0.717) is 11.0 Å². The average molecular weight is 767 g/mol. The fourth-order valence-corrected chi connectivity index (χ4v) is 6.72. The average Bonchev–Trinajstić information content (AvgIpc) is 3.22. The first-order valence-electron chi connectivity index (χ1n) is 19.1. The lowest BCUT2D eigenvalue weighted by molar-refractivity contribution is -0.132. The highest BCUT2D eigenvalue weighted by molar-refractivity contribution is 5.94. The van der Waals surface area contributed by atoms with E-state index in [1.54, 1.807) is 12.1 Å². The minimum Gasteiger partial charge on any atom is -0.460 e. The predicted molar refractivity (Wildman–Crippen MR) is 221 cm³/mol. The molecule has 0 saturated carbocycles. The highest BCUT2D eigenvalue weighted by Crippen LogP contribution is 2.22. The van der Waals surface area contributed by atoms with E-state index in [9.17, 15) is 24.0 Å². The van der Waals surface area contributed by atoms with Crippen molar-refractivity contribution in [2.75, 3.05) is 31.1 Å². The molecule has 0 spiro atoms. The number of hydrogen-bond acceptors (Lipinski definition) is 8. The van der Waals surface area contributed by atoms with Crippen LogP contribution in [0, 0.1) is 0 Å². The first-order valence-corrected chi connectivity index (χ1v) is 19.1. The second kappa shape index (κ2) is 19.2. The summed E-state index contributed by atoms with van der Waals surface area (Å²) in [5.41, 5.74) is 2.61. The summed E-state index contributed by atoms with van der Waals surface area (Å²) in [5.74, 6) is -2.26. The van der Waals surface area contributed by atoms with Crippen molar-refractivity contribution in [3.05, 3.63) is 160 Å². The standard InChI is InChI=1S/C46H46N4O7/c1-3-50(4-2)37-22-21-36-29-38(46(55)57-41(36)30-37)45(54)56-24-23-47-43(52)39(26-31-13-7-5-8-14-31)49-44(53)40(27-32-15-9-6-10-16-32)48-42(51)28-33-19-20-34-17-11-12-18-35(34)25-33/h5-22,25,29-30,39-40H,3-4,23-24,26-28H2,1-2H3,(H,47,52)(H,48,51)(H,49,53)/t39-,40-/m0/s1. The summed E-state index contributed by atoms with van der Waals surface area (Å²) in [4.78, 5) is 68.8. The lowest BCUT2D eigenvalue weighted by Crippen LogP contribution is -2.55.